The molecule has 0 aliphatic heterocycles. The lowest BCUT2D eigenvalue weighted by Crippen LogP contribution is -2.15. The summed E-state index contributed by atoms with van der Waals surface area (Å²) in [4.78, 5) is 19.3. The Balaban J connectivity index is 1.73. The summed E-state index contributed by atoms with van der Waals surface area (Å²) in [6.07, 6.45) is 3.35. The Bertz CT molecular complexity index is 1110. The van der Waals surface area contributed by atoms with E-state index in [2.05, 4.69) is 9.97 Å². The third-order valence-electron chi connectivity index (χ3n) is 3.98. The second-order valence-corrected chi connectivity index (χ2v) is 5.66. The zero-order valence-electron chi connectivity index (χ0n) is 13.1. The molecule has 3 aromatic heterocycles. The van der Waals surface area contributed by atoms with E-state index < -0.39 is 5.82 Å². The molecule has 0 aliphatic rings. The van der Waals surface area contributed by atoms with Crippen molar-refractivity contribution in [2.24, 2.45) is 0 Å². The molecule has 0 unspecified atom stereocenters. The maximum atomic E-state index is 13.3. The van der Waals surface area contributed by atoms with Gasteiger partial charge in [0.2, 0.25) is 0 Å². The van der Waals surface area contributed by atoms with Gasteiger partial charge in [-0.15, -0.1) is 0 Å². The number of pyridine rings is 1. The van der Waals surface area contributed by atoms with Crippen LogP contribution in [0.1, 0.15) is 11.3 Å². The Morgan fingerprint density at radius 2 is 2.12 bits per heavy atom. The van der Waals surface area contributed by atoms with Crippen LogP contribution in [0.5, 0.6) is 0 Å². The molecule has 4 rings (SSSR count). The number of H-pyrrole nitrogens is 1. The summed E-state index contributed by atoms with van der Waals surface area (Å²) in [6.45, 7) is 0.0920. The van der Waals surface area contributed by atoms with Crippen molar-refractivity contribution in [1.82, 2.24) is 14.5 Å². The van der Waals surface area contributed by atoms with Gasteiger partial charge in [-0.3, -0.25) is 4.79 Å². The van der Waals surface area contributed by atoms with E-state index in [0.29, 0.717) is 28.4 Å². The highest BCUT2D eigenvalue weighted by Gasteiger charge is 2.13. The highest BCUT2D eigenvalue weighted by molar-refractivity contribution is 5.78. The number of hydrogen-bond donors (Lipinski definition) is 2. The van der Waals surface area contributed by atoms with Gasteiger partial charge in [0.1, 0.15) is 18.2 Å². The summed E-state index contributed by atoms with van der Waals surface area (Å²) in [5.41, 5.74) is 0.693. The molecule has 0 bridgehead atoms. The molecule has 7 heteroatoms. The smallest absolute Gasteiger partial charge is 0.253 e. The Labute approximate surface area is 141 Å². The molecule has 3 heterocycles. The molecular weight excluding hydrogens is 325 g/mol. The number of benzene rings is 1. The van der Waals surface area contributed by atoms with Crippen LogP contribution < -0.4 is 5.56 Å². The molecule has 0 spiro atoms. The van der Waals surface area contributed by atoms with E-state index in [0.717, 1.165) is 5.39 Å². The van der Waals surface area contributed by atoms with E-state index in [4.69, 9.17) is 9.52 Å². The number of imidazole rings is 1. The standard InChI is InChI=1S/C18H14FN3O3/c19-13-2-1-11-7-12(18(24)21-15(11)8-13)9-22-6-5-20-17(22)16-4-3-14(10-23)25-16/h1-8,23H,9-10H2,(H,21,24). The van der Waals surface area contributed by atoms with Gasteiger partial charge < -0.3 is 19.1 Å². The van der Waals surface area contributed by atoms with Gasteiger partial charge >= 0.3 is 0 Å². The molecule has 4 aromatic rings. The molecular formula is C18H14FN3O3. The van der Waals surface area contributed by atoms with Crippen LogP contribution in [-0.4, -0.2) is 19.6 Å². The lowest BCUT2D eigenvalue weighted by Gasteiger charge is -2.07. The number of hydrogen-bond acceptors (Lipinski definition) is 4. The fraction of sp³-hybridized carbons (Fsp3) is 0.111. The van der Waals surface area contributed by atoms with Gasteiger partial charge in [0, 0.05) is 18.0 Å². The maximum absolute atomic E-state index is 13.3. The number of aromatic nitrogens is 3. The number of rotatable bonds is 4. The summed E-state index contributed by atoms with van der Waals surface area (Å²) in [6, 6.07) is 9.40. The van der Waals surface area contributed by atoms with E-state index >= 15 is 0 Å². The largest absolute Gasteiger partial charge is 0.455 e. The number of aliphatic hydroxyl groups is 1. The summed E-state index contributed by atoms with van der Waals surface area (Å²) in [5.74, 6) is 1.10. The van der Waals surface area contributed by atoms with Crippen LogP contribution in [0.3, 0.4) is 0 Å². The van der Waals surface area contributed by atoms with Crippen LogP contribution in [0.15, 0.2) is 58.0 Å². The first kappa shape index (κ1) is 15.3. The zero-order chi connectivity index (χ0) is 17.4. The van der Waals surface area contributed by atoms with Gasteiger partial charge in [-0.25, -0.2) is 9.37 Å². The SMILES string of the molecule is O=c1[nH]c2cc(F)ccc2cc1Cn1ccnc1-c1ccc(CO)o1. The first-order chi connectivity index (χ1) is 12.1. The number of fused-ring (bicyclic) bond motifs is 1. The fourth-order valence-corrected chi connectivity index (χ4v) is 2.76. The number of aliphatic hydroxyl groups excluding tert-OH is 1. The first-order valence-corrected chi connectivity index (χ1v) is 7.66. The quantitative estimate of drug-likeness (QED) is 0.599. The molecule has 25 heavy (non-hydrogen) atoms. The third kappa shape index (κ3) is 2.85. The van der Waals surface area contributed by atoms with Crippen molar-refractivity contribution in [3.63, 3.8) is 0 Å². The Hall–Kier alpha value is -3.19. The van der Waals surface area contributed by atoms with Gasteiger partial charge in [-0.05, 0) is 41.8 Å². The number of furan rings is 1. The zero-order valence-corrected chi connectivity index (χ0v) is 13.1. The summed E-state index contributed by atoms with van der Waals surface area (Å²) < 4.78 is 20.6. The molecule has 0 amide bonds. The minimum absolute atomic E-state index is 0.193. The van der Waals surface area contributed by atoms with Crippen molar-refractivity contribution in [2.45, 2.75) is 13.2 Å². The highest BCUT2D eigenvalue weighted by atomic mass is 19.1. The molecule has 6 nitrogen and oxygen atoms in total. The van der Waals surface area contributed by atoms with Crippen molar-refractivity contribution < 1.29 is 13.9 Å². The molecule has 126 valence electrons. The number of halogens is 1. The molecule has 0 fully saturated rings. The van der Waals surface area contributed by atoms with Crippen molar-refractivity contribution in [2.75, 3.05) is 0 Å². The van der Waals surface area contributed by atoms with Crippen molar-refractivity contribution in [3.05, 3.63) is 76.3 Å². The first-order valence-electron chi connectivity index (χ1n) is 7.66. The van der Waals surface area contributed by atoms with Crippen molar-refractivity contribution in [1.29, 1.82) is 0 Å². The van der Waals surface area contributed by atoms with Crippen LogP contribution in [0.2, 0.25) is 0 Å². The molecule has 0 atom stereocenters. The molecule has 2 N–H and O–H groups in total. The van der Waals surface area contributed by atoms with Crippen LogP contribution in [-0.2, 0) is 13.2 Å². The van der Waals surface area contributed by atoms with Gasteiger partial charge in [0.25, 0.3) is 5.56 Å². The normalized spacial score (nSPS) is 11.3. The van der Waals surface area contributed by atoms with E-state index in [1.54, 1.807) is 41.2 Å². The monoisotopic (exact) mass is 339 g/mol. The average Bonchev–Trinajstić information content (AvgIpc) is 3.24. The summed E-state index contributed by atoms with van der Waals surface area (Å²) >= 11 is 0. The molecule has 0 aliphatic carbocycles. The highest BCUT2D eigenvalue weighted by Crippen LogP contribution is 2.22. The van der Waals surface area contributed by atoms with Crippen LogP contribution in [0.25, 0.3) is 22.5 Å². The van der Waals surface area contributed by atoms with Crippen molar-refractivity contribution in [3.8, 4) is 11.6 Å². The number of nitrogens with zero attached hydrogens (tertiary/aromatic N) is 2. The third-order valence-corrected chi connectivity index (χ3v) is 3.98. The maximum Gasteiger partial charge on any atom is 0.253 e. The Morgan fingerprint density at radius 1 is 1.24 bits per heavy atom. The van der Waals surface area contributed by atoms with E-state index in [1.165, 1.54) is 12.1 Å². The summed E-state index contributed by atoms with van der Waals surface area (Å²) in [5, 5.41) is 9.86. The van der Waals surface area contributed by atoms with Gasteiger partial charge in [0.05, 0.1) is 12.1 Å². The fourth-order valence-electron chi connectivity index (χ4n) is 2.76. The van der Waals surface area contributed by atoms with E-state index in [1.807, 2.05) is 0 Å². The van der Waals surface area contributed by atoms with E-state index in [9.17, 15) is 9.18 Å². The lowest BCUT2D eigenvalue weighted by atomic mass is 10.1. The van der Waals surface area contributed by atoms with Crippen LogP contribution in [0, 0.1) is 5.82 Å². The topological polar surface area (TPSA) is 84.0 Å². The van der Waals surface area contributed by atoms with E-state index in [-0.39, 0.29) is 18.7 Å². The predicted octanol–water partition coefficient (Wildman–Crippen LogP) is 2.66. The Morgan fingerprint density at radius 3 is 2.92 bits per heavy atom. The lowest BCUT2D eigenvalue weighted by molar-refractivity contribution is 0.248. The minimum Gasteiger partial charge on any atom is -0.455 e. The van der Waals surface area contributed by atoms with Crippen molar-refractivity contribution >= 4 is 10.9 Å². The van der Waals surface area contributed by atoms with Crippen LogP contribution >= 0.6 is 0 Å². The second-order valence-electron chi connectivity index (χ2n) is 5.66. The average molecular weight is 339 g/mol. The van der Waals surface area contributed by atoms with Gasteiger partial charge in [-0.2, -0.15) is 0 Å². The van der Waals surface area contributed by atoms with Crippen LogP contribution in [0.4, 0.5) is 4.39 Å². The second kappa shape index (κ2) is 6.03. The summed E-state index contributed by atoms with van der Waals surface area (Å²) in [7, 11) is 0. The molecule has 0 radical (unpaired) electrons. The number of aromatic amines is 1. The molecule has 1 aromatic carbocycles. The predicted molar refractivity (Wildman–Crippen MR) is 89.5 cm³/mol. The molecule has 0 saturated carbocycles. The minimum atomic E-state index is -0.398. The van der Waals surface area contributed by atoms with Gasteiger partial charge in [0.15, 0.2) is 11.6 Å². The molecule has 0 saturated heterocycles. The Kier molecular flexibility index (Phi) is 3.70. The number of nitrogens with one attached hydrogen (secondary N) is 1. The van der Waals surface area contributed by atoms with Gasteiger partial charge in [-0.1, -0.05) is 0 Å².